The Morgan fingerprint density at radius 3 is 2.50 bits per heavy atom. The molecule has 3 rings (SSSR count). The van der Waals surface area contributed by atoms with Gasteiger partial charge in [-0.2, -0.15) is 0 Å². The average molecular weight is 326 g/mol. The number of likely N-dealkylation sites (tertiary alicyclic amines) is 1. The van der Waals surface area contributed by atoms with Gasteiger partial charge in [-0.3, -0.25) is 14.2 Å². The molecule has 1 saturated heterocycles. The normalized spacial score (nSPS) is 16.8. The van der Waals surface area contributed by atoms with Gasteiger partial charge in [-0.1, -0.05) is 6.07 Å². The van der Waals surface area contributed by atoms with Crippen molar-refractivity contribution in [3.8, 4) is 5.69 Å². The molecule has 1 fully saturated rings. The maximum absolute atomic E-state index is 12.3. The number of hydrogen-bond donors (Lipinski definition) is 2. The maximum Gasteiger partial charge on any atom is 0.314 e. The lowest BCUT2D eigenvalue weighted by atomic mass is 10.1. The molecule has 2 aromatic rings. The van der Waals surface area contributed by atoms with Crippen molar-refractivity contribution in [2.45, 2.75) is 12.5 Å². The first-order chi connectivity index (χ1) is 11.5. The van der Waals surface area contributed by atoms with E-state index >= 15 is 0 Å². The maximum atomic E-state index is 12.3. The van der Waals surface area contributed by atoms with Crippen LogP contribution in [0.2, 0.25) is 0 Å². The van der Waals surface area contributed by atoms with Crippen LogP contribution >= 0.6 is 0 Å². The third-order valence-corrected chi connectivity index (χ3v) is 4.07. The topological polar surface area (TPSA) is 97.4 Å². The van der Waals surface area contributed by atoms with Crippen molar-refractivity contribution < 1.29 is 9.59 Å². The van der Waals surface area contributed by atoms with Gasteiger partial charge in [0.2, 0.25) is 0 Å². The number of rotatable bonds is 3. The van der Waals surface area contributed by atoms with Gasteiger partial charge in [0.1, 0.15) is 0 Å². The second-order valence-electron chi connectivity index (χ2n) is 5.70. The summed E-state index contributed by atoms with van der Waals surface area (Å²) in [6.07, 6.45) is 2.36. The largest absolute Gasteiger partial charge is 0.351 e. The predicted octanol–water partition coefficient (Wildman–Crippen LogP) is 0.720. The molecule has 1 aromatic carbocycles. The summed E-state index contributed by atoms with van der Waals surface area (Å²) in [5, 5.41) is 2.89. The molecule has 0 bridgehead atoms. The monoisotopic (exact) mass is 326 g/mol. The molecular weight excluding hydrogens is 308 g/mol. The summed E-state index contributed by atoms with van der Waals surface area (Å²) < 4.78 is 1.50. The van der Waals surface area contributed by atoms with Crippen molar-refractivity contribution >= 4 is 11.9 Å². The van der Waals surface area contributed by atoms with Crippen LogP contribution in [0, 0.1) is 0 Å². The van der Waals surface area contributed by atoms with Crippen LogP contribution in [0.25, 0.3) is 5.69 Å². The Morgan fingerprint density at radius 2 is 1.88 bits per heavy atom. The van der Waals surface area contributed by atoms with Gasteiger partial charge in [-0.25, -0.2) is 4.79 Å². The molecule has 124 valence electrons. The SMILES string of the molecule is NC(=O)N1CCC(NC(=O)c2ccc(-n3ccccc3=O)cc2)C1. The minimum Gasteiger partial charge on any atom is -0.351 e. The van der Waals surface area contributed by atoms with Gasteiger partial charge in [-0.15, -0.1) is 0 Å². The van der Waals surface area contributed by atoms with Crippen molar-refractivity contribution in [2.75, 3.05) is 13.1 Å². The highest BCUT2D eigenvalue weighted by atomic mass is 16.2. The van der Waals surface area contributed by atoms with Gasteiger partial charge in [-0.05, 0) is 36.8 Å². The number of hydrogen-bond acceptors (Lipinski definition) is 3. The first-order valence-corrected chi connectivity index (χ1v) is 7.68. The Bertz CT molecular complexity index is 813. The zero-order valence-electron chi connectivity index (χ0n) is 13.0. The predicted molar refractivity (Wildman–Crippen MR) is 89.1 cm³/mol. The summed E-state index contributed by atoms with van der Waals surface area (Å²) in [6.45, 7) is 0.981. The zero-order valence-corrected chi connectivity index (χ0v) is 13.0. The van der Waals surface area contributed by atoms with E-state index in [9.17, 15) is 14.4 Å². The fraction of sp³-hybridized carbons (Fsp3) is 0.235. The van der Waals surface area contributed by atoms with Crippen LogP contribution in [0.4, 0.5) is 4.79 Å². The van der Waals surface area contributed by atoms with E-state index in [0.717, 1.165) is 0 Å². The van der Waals surface area contributed by atoms with Crippen molar-refractivity contribution in [1.82, 2.24) is 14.8 Å². The number of carbonyl (C=O) groups excluding carboxylic acids is 2. The summed E-state index contributed by atoms with van der Waals surface area (Å²) in [6, 6.07) is 11.2. The zero-order chi connectivity index (χ0) is 17.1. The Balaban J connectivity index is 1.68. The molecule has 7 heteroatoms. The molecule has 0 aliphatic carbocycles. The highest BCUT2D eigenvalue weighted by Crippen LogP contribution is 2.11. The number of benzene rings is 1. The lowest BCUT2D eigenvalue weighted by molar-refractivity contribution is 0.0938. The summed E-state index contributed by atoms with van der Waals surface area (Å²) in [5.41, 5.74) is 6.29. The van der Waals surface area contributed by atoms with Gasteiger partial charge in [0.25, 0.3) is 11.5 Å². The first-order valence-electron chi connectivity index (χ1n) is 7.68. The molecular formula is C17H18N4O3. The molecule has 1 unspecified atom stereocenters. The van der Waals surface area contributed by atoms with E-state index in [1.54, 1.807) is 42.6 Å². The molecule has 0 radical (unpaired) electrons. The van der Waals surface area contributed by atoms with Crippen LogP contribution in [0.5, 0.6) is 0 Å². The second kappa shape index (κ2) is 6.57. The van der Waals surface area contributed by atoms with E-state index in [-0.39, 0.29) is 17.5 Å². The minimum absolute atomic E-state index is 0.0959. The smallest absolute Gasteiger partial charge is 0.314 e. The number of pyridine rings is 1. The van der Waals surface area contributed by atoms with Crippen molar-refractivity contribution in [3.05, 3.63) is 64.6 Å². The van der Waals surface area contributed by atoms with Gasteiger partial charge < -0.3 is 16.0 Å². The van der Waals surface area contributed by atoms with Crippen LogP contribution < -0.4 is 16.6 Å². The highest BCUT2D eigenvalue weighted by molar-refractivity contribution is 5.94. The van der Waals surface area contributed by atoms with Crippen LogP contribution in [0.3, 0.4) is 0 Å². The fourth-order valence-electron chi connectivity index (χ4n) is 2.76. The molecule has 3 N–H and O–H groups in total. The summed E-state index contributed by atoms with van der Waals surface area (Å²) in [5.74, 6) is -0.210. The van der Waals surface area contributed by atoms with Crippen molar-refractivity contribution in [3.63, 3.8) is 0 Å². The molecule has 24 heavy (non-hydrogen) atoms. The molecule has 0 saturated carbocycles. The van der Waals surface area contributed by atoms with Gasteiger partial charge >= 0.3 is 6.03 Å². The fourth-order valence-corrected chi connectivity index (χ4v) is 2.76. The second-order valence-corrected chi connectivity index (χ2v) is 5.70. The number of nitrogens with two attached hydrogens (primary N) is 1. The summed E-state index contributed by atoms with van der Waals surface area (Å²) >= 11 is 0. The molecule has 1 aliphatic rings. The third kappa shape index (κ3) is 3.29. The first kappa shape index (κ1) is 15.8. The molecule has 3 amide bonds. The van der Waals surface area contributed by atoms with E-state index in [0.29, 0.717) is 30.8 Å². The number of aromatic nitrogens is 1. The third-order valence-electron chi connectivity index (χ3n) is 4.07. The number of nitrogens with zero attached hydrogens (tertiary/aromatic N) is 2. The Kier molecular flexibility index (Phi) is 4.33. The van der Waals surface area contributed by atoms with E-state index < -0.39 is 6.03 Å². The Morgan fingerprint density at radius 1 is 1.12 bits per heavy atom. The molecule has 0 spiro atoms. The number of urea groups is 1. The summed E-state index contributed by atoms with van der Waals surface area (Å²) in [4.78, 5) is 36.7. The van der Waals surface area contributed by atoms with E-state index in [1.807, 2.05) is 0 Å². The quantitative estimate of drug-likeness (QED) is 0.869. The van der Waals surface area contributed by atoms with Crippen LogP contribution in [-0.2, 0) is 0 Å². The molecule has 2 heterocycles. The van der Waals surface area contributed by atoms with Crippen LogP contribution in [0.15, 0.2) is 53.5 Å². The van der Waals surface area contributed by atoms with Crippen molar-refractivity contribution in [1.29, 1.82) is 0 Å². The van der Waals surface area contributed by atoms with Crippen LogP contribution in [0.1, 0.15) is 16.8 Å². The van der Waals surface area contributed by atoms with E-state index in [4.69, 9.17) is 5.73 Å². The van der Waals surface area contributed by atoms with Gasteiger partial charge in [0, 0.05) is 42.6 Å². The highest BCUT2D eigenvalue weighted by Gasteiger charge is 2.26. The average Bonchev–Trinajstić information content (AvgIpc) is 3.04. The molecule has 1 aliphatic heterocycles. The molecule has 1 aromatic heterocycles. The molecule has 7 nitrogen and oxygen atoms in total. The standard InChI is InChI=1S/C17H18N4O3/c18-17(24)20-10-8-13(11-20)19-16(23)12-4-6-14(7-5-12)21-9-2-1-3-15(21)22/h1-7,9,13H,8,10-11H2,(H2,18,24)(H,19,23). The van der Waals surface area contributed by atoms with E-state index in [1.165, 1.54) is 15.5 Å². The minimum atomic E-state index is -0.468. The van der Waals surface area contributed by atoms with Gasteiger partial charge in [0.05, 0.1) is 0 Å². The van der Waals surface area contributed by atoms with Crippen LogP contribution in [-0.4, -0.2) is 40.5 Å². The number of amides is 3. The Hall–Kier alpha value is -3.09. The van der Waals surface area contributed by atoms with Crippen molar-refractivity contribution in [2.24, 2.45) is 5.73 Å². The van der Waals surface area contributed by atoms with E-state index in [2.05, 4.69) is 5.32 Å². The molecule has 1 atom stereocenters. The number of nitrogens with one attached hydrogen (secondary N) is 1. The number of carbonyl (C=O) groups is 2. The van der Waals surface area contributed by atoms with Gasteiger partial charge in [0.15, 0.2) is 0 Å². The lowest BCUT2D eigenvalue weighted by Crippen LogP contribution is -2.40. The Labute approximate surface area is 138 Å². The summed E-state index contributed by atoms with van der Waals surface area (Å²) in [7, 11) is 0. The lowest BCUT2D eigenvalue weighted by Gasteiger charge is -2.15. The number of primary amides is 1.